The van der Waals surface area contributed by atoms with Gasteiger partial charge in [-0.3, -0.25) is 19.2 Å². The highest BCUT2D eigenvalue weighted by Gasteiger charge is 2.25. The fraction of sp³-hybridized carbons (Fsp3) is 0.444. The monoisotopic (exact) mass is 362 g/mol. The molecule has 1 rings (SSSR count). The molecule has 8 heteroatoms. The van der Waals surface area contributed by atoms with Crippen molar-refractivity contribution in [2.75, 3.05) is 20.6 Å². The van der Waals surface area contributed by atoms with Crippen molar-refractivity contribution in [3.63, 3.8) is 0 Å². The number of nitrogens with zero attached hydrogens (tertiary/aromatic N) is 1. The number of likely N-dealkylation sites (N-methyl/N-ethyl adjacent to an activating group) is 1. The van der Waals surface area contributed by atoms with Crippen LogP contribution >= 0.6 is 0 Å². The molecular formula is C18H26N4O4. The van der Waals surface area contributed by atoms with Crippen molar-refractivity contribution in [3.05, 3.63) is 35.9 Å². The van der Waals surface area contributed by atoms with E-state index in [1.807, 2.05) is 6.92 Å². The van der Waals surface area contributed by atoms with E-state index >= 15 is 0 Å². The minimum Gasteiger partial charge on any atom is -0.347 e. The fourth-order valence-corrected chi connectivity index (χ4v) is 2.26. The van der Waals surface area contributed by atoms with Crippen molar-refractivity contribution in [2.45, 2.75) is 31.8 Å². The van der Waals surface area contributed by atoms with Crippen LogP contribution in [0.3, 0.4) is 0 Å². The first-order chi connectivity index (χ1) is 12.3. The van der Waals surface area contributed by atoms with Crippen molar-refractivity contribution in [1.29, 1.82) is 0 Å². The third-order valence-electron chi connectivity index (χ3n) is 3.70. The van der Waals surface area contributed by atoms with Crippen molar-refractivity contribution < 1.29 is 19.2 Å². The molecule has 1 aromatic carbocycles. The molecule has 0 radical (unpaired) electrons. The molecule has 3 amide bonds. The normalized spacial score (nSPS) is 12.6. The summed E-state index contributed by atoms with van der Waals surface area (Å²) >= 11 is 0. The molecule has 0 saturated carbocycles. The standard InChI is InChI=1S/C18H26N4O4/c1-4-8-13(19)16(24)17(25)20-11-14(23)21-15(18(26)22(2)3)12-9-6-5-7-10-12/h5-7,9-10,13,15H,4,8,11,19H2,1-3H3,(H,20,25)(H,21,23). The largest absolute Gasteiger partial charge is 0.347 e. The Labute approximate surface area is 153 Å². The first-order valence-electron chi connectivity index (χ1n) is 8.41. The minimum absolute atomic E-state index is 0.308. The van der Waals surface area contributed by atoms with Gasteiger partial charge in [0, 0.05) is 14.1 Å². The van der Waals surface area contributed by atoms with Crippen LogP contribution in [-0.4, -0.2) is 55.1 Å². The number of hydrogen-bond acceptors (Lipinski definition) is 5. The Kier molecular flexibility index (Phi) is 8.44. The van der Waals surface area contributed by atoms with Crippen LogP contribution in [0.4, 0.5) is 0 Å². The predicted octanol–water partition coefficient (Wildman–Crippen LogP) is -0.255. The smallest absolute Gasteiger partial charge is 0.289 e. The molecule has 0 aromatic heterocycles. The van der Waals surface area contributed by atoms with E-state index in [-0.39, 0.29) is 5.91 Å². The lowest BCUT2D eigenvalue weighted by Gasteiger charge is -2.22. The van der Waals surface area contributed by atoms with E-state index < -0.39 is 36.2 Å². The number of carbonyl (C=O) groups excluding carboxylic acids is 4. The van der Waals surface area contributed by atoms with Crippen LogP contribution < -0.4 is 16.4 Å². The lowest BCUT2D eigenvalue weighted by atomic mass is 10.1. The zero-order valence-corrected chi connectivity index (χ0v) is 15.3. The molecule has 0 spiro atoms. The molecule has 0 aliphatic rings. The summed E-state index contributed by atoms with van der Waals surface area (Å²) in [7, 11) is 3.17. The van der Waals surface area contributed by atoms with Gasteiger partial charge in [-0.05, 0) is 12.0 Å². The van der Waals surface area contributed by atoms with Crippen LogP contribution in [0.2, 0.25) is 0 Å². The first kappa shape index (κ1) is 21.3. The number of carbonyl (C=O) groups is 4. The molecular weight excluding hydrogens is 336 g/mol. The van der Waals surface area contributed by atoms with Crippen LogP contribution in [0.1, 0.15) is 31.4 Å². The second kappa shape index (κ2) is 10.3. The highest BCUT2D eigenvalue weighted by atomic mass is 16.2. The van der Waals surface area contributed by atoms with E-state index in [4.69, 9.17) is 5.73 Å². The molecule has 0 fully saturated rings. The molecule has 4 N–H and O–H groups in total. The molecule has 0 aliphatic heterocycles. The number of ketones is 1. The second-order valence-electron chi connectivity index (χ2n) is 6.09. The molecule has 0 bridgehead atoms. The summed E-state index contributed by atoms with van der Waals surface area (Å²) in [6.45, 7) is 1.43. The maximum absolute atomic E-state index is 12.3. The van der Waals surface area contributed by atoms with Crippen molar-refractivity contribution >= 4 is 23.5 Å². The molecule has 2 atom stereocenters. The predicted molar refractivity (Wildman–Crippen MR) is 96.9 cm³/mol. The highest BCUT2D eigenvalue weighted by Crippen LogP contribution is 2.14. The summed E-state index contributed by atoms with van der Waals surface area (Å²) in [4.78, 5) is 49.4. The Balaban J connectivity index is 2.69. The summed E-state index contributed by atoms with van der Waals surface area (Å²) in [5.41, 5.74) is 6.22. The van der Waals surface area contributed by atoms with E-state index in [1.165, 1.54) is 4.90 Å². The van der Waals surface area contributed by atoms with Crippen LogP contribution in [-0.2, 0) is 19.2 Å². The number of rotatable bonds is 9. The third kappa shape index (κ3) is 6.29. The van der Waals surface area contributed by atoms with Gasteiger partial charge in [0.15, 0.2) is 0 Å². The zero-order chi connectivity index (χ0) is 19.7. The Bertz CT molecular complexity index is 646. The number of benzene rings is 1. The van der Waals surface area contributed by atoms with Gasteiger partial charge >= 0.3 is 0 Å². The first-order valence-corrected chi connectivity index (χ1v) is 8.41. The zero-order valence-electron chi connectivity index (χ0n) is 15.3. The third-order valence-corrected chi connectivity index (χ3v) is 3.70. The van der Waals surface area contributed by atoms with Gasteiger partial charge in [-0.2, -0.15) is 0 Å². The number of nitrogens with one attached hydrogen (secondary N) is 2. The van der Waals surface area contributed by atoms with E-state index in [1.54, 1.807) is 44.4 Å². The van der Waals surface area contributed by atoms with E-state index in [2.05, 4.69) is 10.6 Å². The average Bonchev–Trinajstić information content (AvgIpc) is 2.63. The van der Waals surface area contributed by atoms with Crippen molar-refractivity contribution in [3.8, 4) is 0 Å². The van der Waals surface area contributed by atoms with Gasteiger partial charge in [-0.1, -0.05) is 43.7 Å². The van der Waals surface area contributed by atoms with Gasteiger partial charge in [0.25, 0.3) is 5.91 Å². The van der Waals surface area contributed by atoms with Crippen molar-refractivity contribution in [2.24, 2.45) is 5.73 Å². The van der Waals surface area contributed by atoms with E-state index in [0.29, 0.717) is 18.4 Å². The second-order valence-corrected chi connectivity index (χ2v) is 6.09. The van der Waals surface area contributed by atoms with Gasteiger partial charge < -0.3 is 21.3 Å². The molecule has 0 heterocycles. The molecule has 0 aliphatic carbocycles. The number of amides is 3. The summed E-state index contributed by atoms with van der Waals surface area (Å²) < 4.78 is 0. The molecule has 142 valence electrons. The van der Waals surface area contributed by atoms with Gasteiger partial charge in [0.2, 0.25) is 17.6 Å². The molecule has 8 nitrogen and oxygen atoms in total. The van der Waals surface area contributed by atoms with Crippen LogP contribution in [0, 0.1) is 0 Å². The maximum atomic E-state index is 12.3. The summed E-state index contributed by atoms with van der Waals surface area (Å²) in [5, 5.41) is 4.82. The van der Waals surface area contributed by atoms with E-state index in [0.717, 1.165) is 0 Å². The Hall–Kier alpha value is -2.74. The van der Waals surface area contributed by atoms with Crippen LogP contribution in [0.5, 0.6) is 0 Å². The molecule has 2 unspecified atom stereocenters. The average molecular weight is 362 g/mol. The summed E-state index contributed by atoms with van der Waals surface area (Å²) in [6, 6.07) is 6.99. The lowest BCUT2D eigenvalue weighted by molar-refractivity contribution is -0.139. The van der Waals surface area contributed by atoms with Gasteiger partial charge in [0.1, 0.15) is 6.04 Å². The Morgan fingerprint density at radius 1 is 1.12 bits per heavy atom. The van der Waals surface area contributed by atoms with Crippen LogP contribution in [0.15, 0.2) is 30.3 Å². The van der Waals surface area contributed by atoms with Crippen molar-refractivity contribution in [1.82, 2.24) is 15.5 Å². The van der Waals surface area contributed by atoms with E-state index in [9.17, 15) is 19.2 Å². The number of hydrogen-bond donors (Lipinski definition) is 3. The maximum Gasteiger partial charge on any atom is 0.289 e. The molecule has 1 aromatic rings. The SMILES string of the molecule is CCCC(N)C(=O)C(=O)NCC(=O)NC(C(=O)N(C)C)c1ccccc1. The van der Waals surface area contributed by atoms with Gasteiger partial charge in [-0.15, -0.1) is 0 Å². The Morgan fingerprint density at radius 2 is 1.73 bits per heavy atom. The van der Waals surface area contributed by atoms with Gasteiger partial charge in [-0.25, -0.2) is 0 Å². The lowest BCUT2D eigenvalue weighted by Crippen LogP contribution is -2.47. The van der Waals surface area contributed by atoms with Crippen LogP contribution in [0.25, 0.3) is 0 Å². The van der Waals surface area contributed by atoms with Gasteiger partial charge in [0.05, 0.1) is 12.6 Å². The topological polar surface area (TPSA) is 122 Å². The summed E-state index contributed by atoms with van der Waals surface area (Å²) in [6.07, 6.45) is 1.07. The number of Topliss-reactive ketones (excluding diaryl/α,β-unsaturated/α-hetero) is 1. The number of nitrogens with two attached hydrogens (primary N) is 1. The summed E-state index contributed by atoms with van der Waals surface area (Å²) in [5.74, 6) is -2.56. The molecule has 0 saturated heterocycles. The highest BCUT2D eigenvalue weighted by molar-refractivity contribution is 6.38. The molecule has 26 heavy (non-hydrogen) atoms. The minimum atomic E-state index is -0.906. The Morgan fingerprint density at radius 3 is 2.27 bits per heavy atom. The quantitative estimate of drug-likeness (QED) is 0.523. The fourth-order valence-electron chi connectivity index (χ4n) is 2.26.